The fraction of sp³-hybridized carbons (Fsp3) is 0.154. The largest absolute Gasteiger partial charge is 0.322 e. The first-order valence-electron chi connectivity index (χ1n) is 10.6. The Labute approximate surface area is 191 Å². The molecule has 0 radical (unpaired) electrons. The highest BCUT2D eigenvalue weighted by Gasteiger charge is 2.26. The number of hydrogen-bond donors (Lipinski definition) is 1. The molecule has 0 bridgehead atoms. The smallest absolute Gasteiger partial charge is 0.317 e. The van der Waals surface area contributed by atoms with Crippen molar-refractivity contribution in [2.75, 3.05) is 12.4 Å². The minimum atomic E-state index is -0.471. The van der Waals surface area contributed by atoms with Crippen LogP contribution in [0.2, 0.25) is 0 Å². The Hall–Kier alpha value is -4.44. The number of nitrogens with zero attached hydrogens (tertiary/aromatic N) is 4. The van der Waals surface area contributed by atoms with Gasteiger partial charge in [-0.05, 0) is 48.9 Å². The van der Waals surface area contributed by atoms with Gasteiger partial charge >= 0.3 is 6.03 Å². The minimum Gasteiger partial charge on any atom is -0.317 e. The Morgan fingerprint density at radius 2 is 1.82 bits per heavy atom. The molecule has 0 saturated carbocycles. The Balaban J connectivity index is 1.79. The van der Waals surface area contributed by atoms with Crippen molar-refractivity contribution in [1.82, 2.24) is 14.5 Å². The average Bonchev–Trinajstić information content (AvgIpc) is 2.85. The van der Waals surface area contributed by atoms with Crippen LogP contribution in [-0.4, -0.2) is 27.5 Å². The average molecular weight is 438 g/mol. The standard InChI is InChI=1S/C26H23N5O2/c1-3-23(30(2)26(33)28-19-11-9-10-18(16-19)17-27)24-29-22-15-8-7-14-21(22)25(32)31(24)20-12-5-4-6-13-20/h4-16,23H,3H2,1-2H3,(H,28,33). The van der Waals surface area contributed by atoms with Crippen molar-refractivity contribution >= 4 is 22.6 Å². The van der Waals surface area contributed by atoms with Gasteiger partial charge < -0.3 is 10.2 Å². The summed E-state index contributed by atoms with van der Waals surface area (Å²) in [6.07, 6.45) is 0.541. The Bertz CT molecular complexity index is 1410. The van der Waals surface area contributed by atoms with Gasteiger partial charge in [0.2, 0.25) is 0 Å². The fourth-order valence-electron chi connectivity index (χ4n) is 3.85. The molecule has 7 heteroatoms. The van der Waals surface area contributed by atoms with E-state index in [0.717, 1.165) is 0 Å². The molecule has 1 heterocycles. The zero-order chi connectivity index (χ0) is 23.4. The van der Waals surface area contributed by atoms with Gasteiger partial charge in [0.25, 0.3) is 5.56 Å². The normalized spacial score (nSPS) is 11.5. The van der Waals surface area contributed by atoms with Crippen LogP contribution in [0.1, 0.15) is 30.8 Å². The van der Waals surface area contributed by atoms with Crippen LogP contribution < -0.4 is 10.9 Å². The number of amides is 2. The van der Waals surface area contributed by atoms with Crippen LogP contribution >= 0.6 is 0 Å². The summed E-state index contributed by atoms with van der Waals surface area (Å²) >= 11 is 0. The van der Waals surface area contributed by atoms with E-state index in [1.165, 1.54) is 4.90 Å². The summed E-state index contributed by atoms with van der Waals surface area (Å²) in [6.45, 7) is 1.95. The molecule has 0 saturated heterocycles. The van der Waals surface area contributed by atoms with E-state index in [9.17, 15) is 9.59 Å². The van der Waals surface area contributed by atoms with Crippen molar-refractivity contribution < 1.29 is 4.79 Å². The summed E-state index contributed by atoms with van der Waals surface area (Å²) in [5.41, 5.74) is 2.06. The maximum atomic E-state index is 13.5. The second-order valence-electron chi connectivity index (χ2n) is 7.62. The molecule has 2 amide bonds. The number of rotatable bonds is 5. The first kappa shape index (κ1) is 21.8. The van der Waals surface area contributed by atoms with Crippen LogP contribution in [-0.2, 0) is 0 Å². The molecule has 4 aromatic rings. The van der Waals surface area contributed by atoms with Crippen LogP contribution in [0.3, 0.4) is 0 Å². The van der Waals surface area contributed by atoms with E-state index in [-0.39, 0.29) is 11.6 Å². The summed E-state index contributed by atoms with van der Waals surface area (Å²) in [6, 6.07) is 24.5. The van der Waals surface area contributed by atoms with E-state index in [1.54, 1.807) is 48.0 Å². The summed E-state index contributed by atoms with van der Waals surface area (Å²) in [5.74, 6) is 0.482. The zero-order valence-electron chi connectivity index (χ0n) is 18.4. The summed E-state index contributed by atoms with van der Waals surface area (Å²) in [7, 11) is 1.67. The summed E-state index contributed by atoms with van der Waals surface area (Å²) < 4.78 is 1.58. The lowest BCUT2D eigenvalue weighted by atomic mass is 10.1. The number of nitrogens with one attached hydrogen (secondary N) is 1. The van der Waals surface area contributed by atoms with E-state index >= 15 is 0 Å². The molecule has 0 aliphatic heterocycles. The topological polar surface area (TPSA) is 91.0 Å². The highest BCUT2D eigenvalue weighted by atomic mass is 16.2. The van der Waals surface area contributed by atoms with Gasteiger partial charge in [-0.25, -0.2) is 9.78 Å². The van der Waals surface area contributed by atoms with Gasteiger partial charge in [-0.1, -0.05) is 43.3 Å². The second kappa shape index (κ2) is 9.37. The molecule has 0 spiro atoms. The van der Waals surface area contributed by atoms with Crippen LogP contribution in [0, 0.1) is 11.3 Å². The van der Waals surface area contributed by atoms with E-state index < -0.39 is 6.04 Å². The molecule has 7 nitrogen and oxygen atoms in total. The number of benzene rings is 3. The number of para-hydroxylation sites is 2. The monoisotopic (exact) mass is 437 g/mol. The lowest BCUT2D eigenvalue weighted by Gasteiger charge is -2.29. The maximum absolute atomic E-state index is 13.5. The van der Waals surface area contributed by atoms with Crippen molar-refractivity contribution in [2.24, 2.45) is 0 Å². The van der Waals surface area contributed by atoms with Crippen molar-refractivity contribution in [1.29, 1.82) is 5.26 Å². The minimum absolute atomic E-state index is 0.184. The number of carbonyl (C=O) groups is 1. The highest BCUT2D eigenvalue weighted by molar-refractivity contribution is 5.89. The van der Waals surface area contributed by atoms with Crippen LogP contribution in [0.15, 0.2) is 83.7 Å². The molecule has 1 unspecified atom stereocenters. The molecule has 3 aromatic carbocycles. The molecule has 4 rings (SSSR count). The second-order valence-corrected chi connectivity index (χ2v) is 7.62. The predicted octanol–water partition coefficient (Wildman–Crippen LogP) is 4.87. The number of urea groups is 1. The molecule has 164 valence electrons. The Morgan fingerprint density at radius 3 is 2.55 bits per heavy atom. The van der Waals surface area contributed by atoms with Crippen molar-refractivity contribution in [3.63, 3.8) is 0 Å². The molecular formula is C26H23N5O2. The predicted molar refractivity (Wildman–Crippen MR) is 128 cm³/mol. The molecule has 1 N–H and O–H groups in total. The van der Waals surface area contributed by atoms with Gasteiger partial charge in [-0.2, -0.15) is 5.26 Å². The van der Waals surface area contributed by atoms with E-state index in [1.807, 2.05) is 49.4 Å². The van der Waals surface area contributed by atoms with Crippen LogP contribution in [0.25, 0.3) is 16.6 Å². The van der Waals surface area contributed by atoms with Crippen molar-refractivity contribution in [3.8, 4) is 11.8 Å². The fourth-order valence-corrected chi connectivity index (χ4v) is 3.85. The first-order valence-corrected chi connectivity index (χ1v) is 10.6. The maximum Gasteiger partial charge on any atom is 0.322 e. The first-order chi connectivity index (χ1) is 16.0. The molecule has 0 aliphatic rings. The zero-order valence-corrected chi connectivity index (χ0v) is 18.4. The summed E-state index contributed by atoms with van der Waals surface area (Å²) in [4.78, 5) is 33.0. The van der Waals surface area contributed by atoms with Crippen LogP contribution in [0.4, 0.5) is 10.5 Å². The van der Waals surface area contributed by atoms with Gasteiger partial charge in [-0.3, -0.25) is 9.36 Å². The van der Waals surface area contributed by atoms with Gasteiger partial charge in [-0.15, -0.1) is 0 Å². The number of fused-ring (bicyclic) bond motifs is 1. The van der Waals surface area contributed by atoms with Gasteiger partial charge in [0, 0.05) is 12.7 Å². The van der Waals surface area contributed by atoms with Gasteiger partial charge in [0.1, 0.15) is 5.82 Å². The lowest BCUT2D eigenvalue weighted by molar-refractivity contribution is 0.199. The van der Waals surface area contributed by atoms with Crippen molar-refractivity contribution in [3.05, 3.63) is 101 Å². The number of carbonyl (C=O) groups excluding carboxylic acids is 1. The third kappa shape index (κ3) is 4.32. The molecule has 1 atom stereocenters. The SMILES string of the molecule is CCC(c1nc2ccccc2c(=O)n1-c1ccccc1)N(C)C(=O)Nc1cccc(C#N)c1. The molecule has 0 aliphatic carbocycles. The third-order valence-corrected chi connectivity index (χ3v) is 5.53. The Morgan fingerprint density at radius 1 is 1.09 bits per heavy atom. The number of anilines is 1. The van der Waals surface area contributed by atoms with E-state index in [4.69, 9.17) is 10.2 Å². The van der Waals surface area contributed by atoms with Crippen LogP contribution in [0.5, 0.6) is 0 Å². The quantitative estimate of drug-likeness (QED) is 0.482. The summed E-state index contributed by atoms with van der Waals surface area (Å²) in [5, 5.41) is 12.5. The van der Waals surface area contributed by atoms with Gasteiger partial charge in [0.05, 0.1) is 34.3 Å². The highest BCUT2D eigenvalue weighted by Crippen LogP contribution is 2.25. The third-order valence-electron chi connectivity index (χ3n) is 5.53. The van der Waals surface area contributed by atoms with Gasteiger partial charge in [0.15, 0.2) is 0 Å². The number of aromatic nitrogens is 2. The number of hydrogen-bond acceptors (Lipinski definition) is 4. The lowest BCUT2D eigenvalue weighted by Crippen LogP contribution is -2.38. The Kier molecular flexibility index (Phi) is 6.18. The van der Waals surface area contributed by atoms with E-state index in [2.05, 4.69) is 11.4 Å². The molecule has 0 fully saturated rings. The van der Waals surface area contributed by atoms with E-state index in [0.29, 0.717) is 40.1 Å². The molecular weight excluding hydrogens is 414 g/mol. The van der Waals surface area contributed by atoms with Crippen molar-refractivity contribution in [2.45, 2.75) is 19.4 Å². The molecule has 33 heavy (non-hydrogen) atoms. The molecule has 1 aromatic heterocycles. The number of nitriles is 1.